The van der Waals surface area contributed by atoms with Gasteiger partial charge in [0.25, 0.3) is 0 Å². The van der Waals surface area contributed by atoms with Gasteiger partial charge in [0.05, 0.1) is 0 Å². The molecule has 0 amide bonds. The highest BCUT2D eigenvalue weighted by atomic mass is 19.1. The summed E-state index contributed by atoms with van der Waals surface area (Å²) < 4.78 is 27.4. The highest BCUT2D eigenvalue weighted by molar-refractivity contribution is 5.21. The number of hydrogen-bond acceptors (Lipinski definition) is 2. The summed E-state index contributed by atoms with van der Waals surface area (Å²) in [5, 5.41) is 3.26. The Morgan fingerprint density at radius 2 is 1.80 bits per heavy atom. The number of pyridine rings is 1. The second-order valence-electron chi connectivity index (χ2n) is 4.68. The molecule has 4 heteroatoms. The predicted octanol–water partition coefficient (Wildman–Crippen LogP) is 3.12. The van der Waals surface area contributed by atoms with Crippen molar-refractivity contribution < 1.29 is 8.78 Å². The second kappa shape index (κ2) is 7.10. The van der Waals surface area contributed by atoms with Crippen LogP contribution in [0.5, 0.6) is 0 Å². The molecule has 0 bridgehead atoms. The number of rotatable bonds is 6. The quantitative estimate of drug-likeness (QED) is 0.877. The number of nitrogens with zero attached hydrogens (tertiary/aromatic N) is 1. The minimum absolute atomic E-state index is 0.0405. The van der Waals surface area contributed by atoms with E-state index in [-0.39, 0.29) is 11.6 Å². The first-order chi connectivity index (χ1) is 9.70. The van der Waals surface area contributed by atoms with Crippen LogP contribution in [0.2, 0.25) is 0 Å². The molecule has 0 aliphatic carbocycles. The fourth-order valence-corrected chi connectivity index (χ4v) is 2.25. The monoisotopic (exact) mass is 276 g/mol. The molecule has 2 aromatic rings. The van der Waals surface area contributed by atoms with E-state index in [0.29, 0.717) is 12.8 Å². The van der Waals surface area contributed by atoms with E-state index < -0.39 is 11.6 Å². The number of aromatic nitrogens is 1. The standard InChI is InChI=1S/C16H18F2N2/c1-2-19-13(10-12-6-3-4-9-20-12)11-14-15(17)7-5-8-16(14)18/h3-9,13,19H,2,10-11H2,1H3. The van der Waals surface area contributed by atoms with Crippen LogP contribution in [0.4, 0.5) is 8.78 Å². The molecule has 0 aliphatic rings. The van der Waals surface area contributed by atoms with Crippen molar-refractivity contribution in [1.82, 2.24) is 10.3 Å². The molecular formula is C16H18F2N2. The SMILES string of the molecule is CCNC(Cc1ccccn1)Cc1c(F)cccc1F. The molecule has 0 radical (unpaired) electrons. The minimum Gasteiger partial charge on any atom is -0.314 e. The van der Waals surface area contributed by atoms with Gasteiger partial charge >= 0.3 is 0 Å². The molecule has 106 valence electrons. The Morgan fingerprint density at radius 1 is 1.05 bits per heavy atom. The van der Waals surface area contributed by atoms with E-state index in [1.54, 1.807) is 6.20 Å². The number of likely N-dealkylation sites (N-methyl/N-ethyl adjacent to an activating group) is 1. The lowest BCUT2D eigenvalue weighted by atomic mass is 10.0. The van der Waals surface area contributed by atoms with E-state index in [1.165, 1.54) is 18.2 Å². The van der Waals surface area contributed by atoms with Crippen LogP contribution in [0.25, 0.3) is 0 Å². The maximum Gasteiger partial charge on any atom is 0.129 e. The average Bonchev–Trinajstić information content (AvgIpc) is 2.44. The van der Waals surface area contributed by atoms with Crippen LogP contribution >= 0.6 is 0 Å². The van der Waals surface area contributed by atoms with E-state index in [1.807, 2.05) is 25.1 Å². The van der Waals surface area contributed by atoms with Gasteiger partial charge in [-0.05, 0) is 37.2 Å². The summed E-state index contributed by atoms with van der Waals surface area (Å²) in [6.07, 6.45) is 2.67. The first-order valence-electron chi connectivity index (χ1n) is 6.77. The molecule has 20 heavy (non-hydrogen) atoms. The van der Waals surface area contributed by atoms with Gasteiger partial charge in [0.1, 0.15) is 11.6 Å². The topological polar surface area (TPSA) is 24.9 Å². The van der Waals surface area contributed by atoms with Gasteiger partial charge in [-0.25, -0.2) is 8.78 Å². The molecule has 1 atom stereocenters. The summed E-state index contributed by atoms with van der Waals surface area (Å²) in [5.41, 5.74) is 1.05. The van der Waals surface area contributed by atoms with Crippen LogP contribution in [0.1, 0.15) is 18.2 Å². The van der Waals surface area contributed by atoms with Crippen molar-refractivity contribution in [2.75, 3.05) is 6.54 Å². The van der Waals surface area contributed by atoms with Gasteiger partial charge in [0, 0.05) is 29.9 Å². The van der Waals surface area contributed by atoms with E-state index in [9.17, 15) is 8.78 Å². The number of benzene rings is 1. The van der Waals surface area contributed by atoms with Crippen molar-refractivity contribution in [2.24, 2.45) is 0 Å². The Hall–Kier alpha value is -1.81. The van der Waals surface area contributed by atoms with Crippen LogP contribution in [0.15, 0.2) is 42.6 Å². The molecule has 1 unspecified atom stereocenters. The molecule has 1 N–H and O–H groups in total. The van der Waals surface area contributed by atoms with E-state index in [0.717, 1.165) is 12.2 Å². The number of nitrogens with one attached hydrogen (secondary N) is 1. The van der Waals surface area contributed by atoms with Gasteiger partial charge in [-0.3, -0.25) is 4.98 Å². The maximum absolute atomic E-state index is 13.7. The fourth-order valence-electron chi connectivity index (χ4n) is 2.25. The lowest BCUT2D eigenvalue weighted by Crippen LogP contribution is -2.34. The van der Waals surface area contributed by atoms with Crippen molar-refractivity contribution in [3.05, 3.63) is 65.5 Å². The normalized spacial score (nSPS) is 12.3. The average molecular weight is 276 g/mol. The van der Waals surface area contributed by atoms with Crippen LogP contribution in [-0.2, 0) is 12.8 Å². The smallest absolute Gasteiger partial charge is 0.129 e. The van der Waals surface area contributed by atoms with Crippen LogP contribution < -0.4 is 5.32 Å². The highest BCUT2D eigenvalue weighted by Crippen LogP contribution is 2.15. The molecule has 0 fully saturated rings. The summed E-state index contributed by atoms with van der Waals surface area (Å²) in [6, 6.07) is 9.61. The minimum atomic E-state index is -0.492. The fraction of sp³-hybridized carbons (Fsp3) is 0.312. The lowest BCUT2D eigenvalue weighted by molar-refractivity contribution is 0.481. The zero-order valence-electron chi connectivity index (χ0n) is 11.4. The Morgan fingerprint density at radius 3 is 2.40 bits per heavy atom. The molecule has 0 aliphatic heterocycles. The summed E-state index contributed by atoms with van der Waals surface area (Å²) >= 11 is 0. The van der Waals surface area contributed by atoms with Gasteiger partial charge in [0.2, 0.25) is 0 Å². The molecule has 0 saturated carbocycles. The highest BCUT2D eigenvalue weighted by Gasteiger charge is 2.16. The zero-order valence-corrected chi connectivity index (χ0v) is 11.4. The van der Waals surface area contributed by atoms with Crippen molar-refractivity contribution >= 4 is 0 Å². The first kappa shape index (κ1) is 14.6. The molecular weight excluding hydrogens is 258 g/mol. The summed E-state index contributed by atoms with van der Waals surface area (Å²) in [5.74, 6) is -0.983. The van der Waals surface area contributed by atoms with Crippen molar-refractivity contribution in [3.63, 3.8) is 0 Å². The largest absolute Gasteiger partial charge is 0.314 e. The molecule has 2 nitrogen and oxygen atoms in total. The van der Waals surface area contributed by atoms with E-state index in [2.05, 4.69) is 10.3 Å². The van der Waals surface area contributed by atoms with Gasteiger partial charge in [-0.1, -0.05) is 19.1 Å². The summed E-state index contributed by atoms with van der Waals surface area (Å²) in [7, 11) is 0. The molecule has 1 aromatic heterocycles. The van der Waals surface area contributed by atoms with Crippen LogP contribution in [0, 0.1) is 11.6 Å². The summed E-state index contributed by atoms with van der Waals surface area (Å²) in [4.78, 5) is 4.26. The Bertz CT molecular complexity index is 523. The molecule has 0 saturated heterocycles. The van der Waals surface area contributed by atoms with Gasteiger partial charge in [0.15, 0.2) is 0 Å². The predicted molar refractivity (Wildman–Crippen MR) is 75.5 cm³/mol. The Balaban J connectivity index is 2.13. The van der Waals surface area contributed by atoms with Gasteiger partial charge in [-0.15, -0.1) is 0 Å². The number of halogens is 2. The maximum atomic E-state index is 13.7. The van der Waals surface area contributed by atoms with E-state index in [4.69, 9.17) is 0 Å². The Kier molecular flexibility index (Phi) is 5.18. The third kappa shape index (κ3) is 3.84. The third-order valence-electron chi connectivity index (χ3n) is 3.19. The molecule has 0 spiro atoms. The van der Waals surface area contributed by atoms with Gasteiger partial charge in [-0.2, -0.15) is 0 Å². The summed E-state index contributed by atoms with van der Waals surface area (Å²) in [6.45, 7) is 2.72. The third-order valence-corrected chi connectivity index (χ3v) is 3.19. The molecule has 2 rings (SSSR count). The van der Waals surface area contributed by atoms with Crippen molar-refractivity contribution in [3.8, 4) is 0 Å². The van der Waals surface area contributed by atoms with Crippen molar-refractivity contribution in [2.45, 2.75) is 25.8 Å². The van der Waals surface area contributed by atoms with Crippen LogP contribution in [0.3, 0.4) is 0 Å². The molecule has 1 aromatic carbocycles. The van der Waals surface area contributed by atoms with Gasteiger partial charge < -0.3 is 5.32 Å². The Labute approximate surface area is 117 Å². The zero-order chi connectivity index (χ0) is 14.4. The van der Waals surface area contributed by atoms with E-state index >= 15 is 0 Å². The van der Waals surface area contributed by atoms with Crippen LogP contribution in [-0.4, -0.2) is 17.6 Å². The first-order valence-corrected chi connectivity index (χ1v) is 6.77. The van der Waals surface area contributed by atoms with Crippen molar-refractivity contribution in [1.29, 1.82) is 0 Å². The lowest BCUT2D eigenvalue weighted by Gasteiger charge is -2.18. The number of hydrogen-bond donors (Lipinski definition) is 1. The second-order valence-corrected chi connectivity index (χ2v) is 4.68. The molecule has 1 heterocycles.